The van der Waals surface area contributed by atoms with Crippen LogP contribution in [0.15, 0.2) is 46.6 Å². The van der Waals surface area contributed by atoms with Gasteiger partial charge < -0.3 is 45.2 Å². The minimum absolute atomic E-state index is 0.218. The van der Waals surface area contributed by atoms with Crippen molar-refractivity contribution < 1.29 is 45.2 Å². The van der Waals surface area contributed by atoms with Crippen LogP contribution in [0, 0.1) is 0 Å². The highest BCUT2D eigenvalue weighted by molar-refractivity contribution is 5.63. The van der Waals surface area contributed by atoms with Crippen LogP contribution in [0.2, 0.25) is 0 Å². The number of rotatable bonds is 5. The predicted molar refractivity (Wildman–Crippen MR) is 96.4 cm³/mol. The molecule has 0 spiro atoms. The number of benzene rings is 2. The van der Waals surface area contributed by atoms with Crippen LogP contribution in [0.5, 0.6) is 23.0 Å². The van der Waals surface area contributed by atoms with Gasteiger partial charge in [0, 0.05) is 12.1 Å². The van der Waals surface area contributed by atoms with E-state index in [2.05, 4.69) is 10.2 Å². The summed E-state index contributed by atoms with van der Waals surface area (Å²) in [7, 11) is 0. The summed E-state index contributed by atoms with van der Waals surface area (Å²) in [6.07, 6.45) is -6.97. The van der Waals surface area contributed by atoms with Crippen molar-refractivity contribution in [2.75, 3.05) is 6.61 Å². The van der Waals surface area contributed by atoms with Crippen molar-refractivity contribution in [3.05, 3.63) is 36.4 Å². The van der Waals surface area contributed by atoms with E-state index in [4.69, 9.17) is 9.47 Å². The smallest absolute Gasteiger partial charge is 0.229 e. The summed E-state index contributed by atoms with van der Waals surface area (Å²) in [5.74, 6) is -0.986. The number of phenolic OH excluding ortho intramolecular Hbond substituents is 3. The zero-order valence-corrected chi connectivity index (χ0v) is 14.9. The van der Waals surface area contributed by atoms with E-state index >= 15 is 0 Å². The molecule has 3 rings (SSSR count). The highest BCUT2D eigenvalue weighted by Crippen LogP contribution is 2.40. The molecule has 29 heavy (non-hydrogen) atoms. The van der Waals surface area contributed by atoms with Gasteiger partial charge in [0.15, 0.2) is 17.2 Å². The van der Waals surface area contributed by atoms with E-state index in [1.807, 2.05) is 0 Å². The number of phenols is 3. The predicted octanol–water partition coefficient (Wildman–Crippen LogP) is 0.397. The van der Waals surface area contributed by atoms with Crippen LogP contribution in [-0.2, 0) is 4.74 Å². The van der Waals surface area contributed by atoms with Gasteiger partial charge in [0.25, 0.3) is 0 Å². The highest BCUT2D eigenvalue weighted by atomic mass is 16.7. The van der Waals surface area contributed by atoms with Crippen LogP contribution in [0.4, 0.5) is 11.4 Å². The van der Waals surface area contributed by atoms with Crippen LogP contribution in [0.3, 0.4) is 0 Å². The molecule has 1 fully saturated rings. The average molecular weight is 408 g/mol. The summed E-state index contributed by atoms with van der Waals surface area (Å²) in [4.78, 5) is 0. The number of hydrogen-bond acceptors (Lipinski definition) is 11. The van der Waals surface area contributed by atoms with E-state index < -0.39 is 48.8 Å². The van der Waals surface area contributed by atoms with Crippen molar-refractivity contribution >= 4 is 11.4 Å². The molecule has 0 unspecified atom stereocenters. The second-order valence-corrected chi connectivity index (χ2v) is 6.34. The van der Waals surface area contributed by atoms with Crippen molar-refractivity contribution in [3.63, 3.8) is 0 Å². The molecule has 0 aliphatic carbocycles. The number of nitrogens with zero attached hydrogens (tertiary/aromatic N) is 2. The van der Waals surface area contributed by atoms with E-state index in [1.165, 1.54) is 24.3 Å². The number of aliphatic hydroxyl groups is 4. The maximum absolute atomic E-state index is 9.98. The molecule has 1 heterocycles. The van der Waals surface area contributed by atoms with E-state index in [9.17, 15) is 35.7 Å². The maximum atomic E-state index is 9.98. The van der Waals surface area contributed by atoms with Crippen molar-refractivity contribution in [1.29, 1.82) is 0 Å². The SMILES string of the molecule is OC[C@H]1O[C@@H](Oc2ccc(N=Nc3c(O)cc(O)cc3O)cc2)[C@H](O)[C@@H](O)[C@@H]1O. The Morgan fingerprint density at radius 2 is 1.48 bits per heavy atom. The average Bonchev–Trinajstić information content (AvgIpc) is 2.68. The second-order valence-electron chi connectivity index (χ2n) is 6.34. The van der Waals surface area contributed by atoms with E-state index in [0.29, 0.717) is 5.69 Å². The largest absolute Gasteiger partial charge is 0.508 e. The van der Waals surface area contributed by atoms with Crippen LogP contribution in [0.1, 0.15) is 0 Å². The van der Waals surface area contributed by atoms with Crippen molar-refractivity contribution in [1.82, 2.24) is 0 Å². The van der Waals surface area contributed by atoms with E-state index in [1.54, 1.807) is 0 Å². The second kappa shape index (κ2) is 8.59. The molecule has 0 bridgehead atoms. The lowest BCUT2D eigenvalue weighted by Gasteiger charge is -2.39. The molecule has 11 nitrogen and oxygen atoms in total. The molecular formula is C18H20N2O9. The highest BCUT2D eigenvalue weighted by Gasteiger charge is 2.44. The fourth-order valence-corrected chi connectivity index (χ4v) is 2.69. The Bertz CT molecular complexity index is 849. The molecule has 2 aromatic rings. The normalized spacial score (nSPS) is 27.2. The number of ether oxygens (including phenoxy) is 2. The van der Waals surface area contributed by atoms with E-state index in [0.717, 1.165) is 12.1 Å². The molecule has 7 N–H and O–H groups in total. The fraction of sp³-hybridized carbons (Fsp3) is 0.333. The summed E-state index contributed by atoms with van der Waals surface area (Å²) < 4.78 is 10.7. The van der Waals surface area contributed by atoms with Crippen molar-refractivity contribution in [2.24, 2.45) is 10.2 Å². The van der Waals surface area contributed by atoms with E-state index in [-0.39, 0.29) is 17.2 Å². The summed E-state index contributed by atoms with van der Waals surface area (Å²) >= 11 is 0. The van der Waals surface area contributed by atoms with Gasteiger partial charge >= 0.3 is 0 Å². The first-order chi connectivity index (χ1) is 13.8. The standard InChI is InChI=1S/C18H20N2O9/c21-7-13-15(25)16(26)17(27)18(29-13)28-10-3-1-8(2-4-10)19-20-14-11(23)5-9(22)6-12(14)24/h1-6,13,15-18,21-27H,7H2/t13-,15-,16+,17-,18-/m1/s1. The molecule has 156 valence electrons. The minimum Gasteiger partial charge on any atom is -0.508 e. The van der Waals surface area contributed by atoms with Gasteiger partial charge in [-0.05, 0) is 24.3 Å². The van der Waals surface area contributed by atoms with Crippen LogP contribution < -0.4 is 4.74 Å². The molecule has 0 aromatic heterocycles. The molecule has 0 saturated carbocycles. The maximum Gasteiger partial charge on any atom is 0.229 e. The summed E-state index contributed by atoms with van der Waals surface area (Å²) in [6.45, 7) is -0.568. The van der Waals surface area contributed by atoms with Gasteiger partial charge in [-0.3, -0.25) is 0 Å². The molecule has 1 saturated heterocycles. The zero-order valence-electron chi connectivity index (χ0n) is 14.9. The first-order valence-corrected chi connectivity index (χ1v) is 8.54. The monoisotopic (exact) mass is 408 g/mol. The number of aliphatic hydroxyl groups excluding tert-OH is 4. The zero-order chi connectivity index (χ0) is 21.1. The molecule has 0 amide bonds. The van der Waals surface area contributed by atoms with Gasteiger partial charge in [-0.25, -0.2) is 0 Å². The molecule has 1 aliphatic rings. The third-order valence-electron chi connectivity index (χ3n) is 4.26. The Morgan fingerprint density at radius 3 is 2.07 bits per heavy atom. The van der Waals surface area contributed by atoms with Crippen LogP contribution in [0.25, 0.3) is 0 Å². The molecular weight excluding hydrogens is 388 g/mol. The van der Waals surface area contributed by atoms with Crippen molar-refractivity contribution in [3.8, 4) is 23.0 Å². The fourth-order valence-electron chi connectivity index (χ4n) is 2.69. The molecule has 11 heteroatoms. The number of aromatic hydroxyl groups is 3. The Kier molecular flexibility index (Phi) is 6.15. The number of azo groups is 1. The summed E-state index contributed by atoms with van der Waals surface area (Å²) in [5.41, 5.74) is 0.113. The van der Waals surface area contributed by atoms with Gasteiger partial charge in [-0.15, -0.1) is 5.11 Å². The third kappa shape index (κ3) is 4.55. The molecule has 0 radical (unpaired) electrons. The Hall–Kier alpha value is -2.96. The molecule has 5 atom stereocenters. The number of hydrogen-bond donors (Lipinski definition) is 7. The van der Waals surface area contributed by atoms with Gasteiger partial charge in [-0.2, -0.15) is 5.11 Å². The van der Waals surface area contributed by atoms with Gasteiger partial charge in [0.05, 0.1) is 12.3 Å². The summed E-state index contributed by atoms with van der Waals surface area (Å²) in [6, 6.07) is 7.91. The first kappa shape index (κ1) is 20.8. The van der Waals surface area contributed by atoms with Crippen LogP contribution >= 0.6 is 0 Å². The lowest BCUT2D eigenvalue weighted by Crippen LogP contribution is -2.60. The van der Waals surface area contributed by atoms with Gasteiger partial charge in [0.1, 0.15) is 35.9 Å². The quantitative estimate of drug-likeness (QED) is 0.344. The van der Waals surface area contributed by atoms with Crippen LogP contribution in [-0.4, -0.2) is 73.1 Å². The van der Waals surface area contributed by atoms with Crippen molar-refractivity contribution in [2.45, 2.75) is 30.7 Å². The van der Waals surface area contributed by atoms with Gasteiger partial charge in [-0.1, -0.05) is 0 Å². The molecule has 2 aromatic carbocycles. The lowest BCUT2D eigenvalue weighted by atomic mass is 9.99. The lowest BCUT2D eigenvalue weighted by molar-refractivity contribution is -0.277. The third-order valence-corrected chi connectivity index (χ3v) is 4.26. The Morgan fingerprint density at radius 1 is 0.862 bits per heavy atom. The van der Waals surface area contributed by atoms with Gasteiger partial charge in [0.2, 0.25) is 6.29 Å². The summed E-state index contributed by atoms with van der Waals surface area (Å²) in [5, 5.41) is 75.0. The Labute approximate surface area is 164 Å². The molecule has 1 aliphatic heterocycles. The first-order valence-electron chi connectivity index (χ1n) is 8.54. The topological polar surface area (TPSA) is 185 Å². The minimum atomic E-state index is -1.55. The Balaban J connectivity index is 1.69.